The fourth-order valence-corrected chi connectivity index (χ4v) is 1.57. The summed E-state index contributed by atoms with van der Waals surface area (Å²) in [4.78, 5) is 0. The first-order chi connectivity index (χ1) is 7.34. The van der Waals surface area contributed by atoms with Crippen LogP contribution < -0.4 is 0 Å². The van der Waals surface area contributed by atoms with Crippen molar-refractivity contribution >= 4 is 12.6 Å². The Bertz CT molecular complexity index is 233. The van der Waals surface area contributed by atoms with E-state index in [1.165, 1.54) is 0 Å². The average molecular weight is 284 g/mol. The van der Waals surface area contributed by atoms with Crippen LogP contribution in [-0.2, 0) is 0 Å². The van der Waals surface area contributed by atoms with Crippen LogP contribution >= 0.6 is 12.6 Å². The molecule has 0 fully saturated rings. The molecular formula is C9H14F6OS. The van der Waals surface area contributed by atoms with Gasteiger partial charge in [-0.15, -0.1) is 0 Å². The first kappa shape index (κ1) is 16.9. The molecule has 17 heavy (non-hydrogen) atoms. The second-order valence-corrected chi connectivity index (χ2v) is 4.97. The number of aliphatic hydroxyl groups is 1. The third-order valence-corrected chi connectivity index (χ3v) is 2.85. The minimum absolute atomic E-state index is 0.0543. The van der Waals surface area contributed by atoms with Crippen molar-refractivity contribution in [1.29, 1.82) is 0 Å². The second-order valence-electron chi connectivity index (χ2n) is 4.09. The van der Waals surface area contributed by atoms with Crippen molar-refractivity contribution in [3.63, 3.8) is 0 Å². The molecule has 0 bridgehead atoms. The summed E-state index contributed by atoms with van der Waals surface area (Å²) in [6.45, 7) is 2.28. The van der Waals surface area contributed by atoms with E-state index in [-0.39, 0.29) is 11.7 Å². The van der Waals surface area contributed by atoms with Crippen molar-refractivity contribution in [2.45, 2.75) is 49.9 Å². The molecule has 0 saturated heterocycles. The van der Waals surface area contributed by atoms with Crippen LogP contribution in [0.25, 0.3) is 0 Å². The zero-order valence-electron chi connectivity index (χ0n) is 9.23. The largest absolute Gasteiger partial charge is 0.426 e. The van der Waals surface area contributed by atoms with Crippen LogP contribution in [-0.4, -0.2) is 28.3 Å². The van der Waals surface area contributed by atoms with Gasteiger partial charge in [0.05, 0.1) is 0 Å². The Morgan fingerprint density at radius 3 is 1.53 bits per heavy atom. The van der Waals surface area contributed by atoms with Crippen LogP contribution in [0.5, 0.6) is 0 Å². The number of rotatable bonds is 4. The molecule has 104 valence electrons. The van der Waals surface area contributed by atoms with E-state index in [0.717, 1.165) is 6.92 Å². The molecule has 1 unspecified atom stereocenters. The lowest BCUT2D eigenvalue weighted by atomic mass is 9.83. The smallest absolute Gasteiger partial charge is 0.373 e. The van der Waals surface area contributed by atoms with E-state index in [0.29, 0.717) is 0 Å². The molecule has 0 rings (SSSR count). The highest BCUT2D eigenvalue weighted by Gasteiger charge is 2.72. The zero-order chi connectivity index (χ0) is 14.1. The van der Waals surface area contributed by atoms with Crippen molar-refractivity contribution in [3.05, 3.63) is 0 Å². The Balaban J connectivity index is 5.08. The predicted octanol–water partition coefficient (Wildman–Crippen LogP) is 3.58. The molecular weight excluding hydrogens is 270 g/mol. The number of alkyl halides is 6. The van der Waals surface area contributed by atoms with Crippen molar-refractivity contribution < 1.29 is 31.4 Å². The highest BCUT2D eigenvalue weighted by Crippen LogP contribution is 2.48. The molecule has 1 N–H and O–H groups in total. The quantitative estimate of drug-likeness (QED) is 0.597. The Hall–Kier alpha value is -0.110. The van der Waals surface area contributed by atoms with Gasteiger partial charge in [-0.1, -0.05) is 13.8 Å². The SMILES string of the molecule is CC(S)CC[C@H](C)C(O)(C(F)(F)F)C(F)(F)F. The molecule has 0 aliphatic carbocycles. The highest BCUT2D eigenvalue weighted by molar-refractivity contribution is 7.80. The summed E-state index contributed by atoms with van der Waals surface area (Å²) in [6, 6.07) is 0. The maximum absolute atomic E-state index is 12.4. The topological polar surface area (TPSA) is 20.2 Å². The molecule has 0 aromatic carbocycles. The monoisotopic (exact) mass is 284 g/mol. The fourth-order valence-electron chi connectivity index (χ4n) is 1.42. The third-order valence-electron chi connectivity index (χ3n) is 2.59. The molecule has 0 radical (unpaired) electrons. The van der Waals surface area contributed by atoms with Gasteiger partial charge in [0.15, 0.2) is 0 Å². The number of thiol groups is 1. The Morgan fingerprint density at radius 1 is 0.941 bits per heavy atom. The van der Waals surface area contributed by atoms with E-state index < -0.39 is 30.3 Å². The molecule has 2 atom stereocenters. The minimum Gasteiger partial charge on any atom is -0.373 e. The molecule has 1 nitrogen and oxygen atoms in total. The van der Waals surface area contributed by atoms with E-state index in [9.17, 15) is 26.3 Å². The predicted molar refractivity (Wildman–Crippen MR) is 53.9 cm³/mol. The Morgan fingerprint density at radius 2 is 1.29 bits per heavy atom. The molecule has 0 spiro atoms. The van der Waals surface area contributed by atoms with Gasteiger partial charge in [-0.05, 0) is 18.1 Å². The molecule has 0 aliphatic rings. The summed E-state index contributed by atoms with van der Waals surface area (Å²) in [5.74, 6) is -1.97. The fraction of sp³-hybridized carbons (Fsp3) is 1.00. The molecule has 0 aromatic rings. The molecule has 0 aliphatic heterocycles. The first-order valence-electron chi connectivity index (χ1n) is 4.88. The van der Waals surface area contributed by atoms with Crippen LogP contribution in [0.1, 0.15) is 26.7 Å². The van der Waals surface area contributed by atoms with Crippen LogP contribution in [0.4, 0.5) is 26.3 Å². The summed E-state index contributed by atoms with van der Waals surface area (Å²) in [5.41, 5.74) is -4.66. The van der Waals surface area contributed by atoms with Crippen molar-refractivity contribution in [2.24, 2.45) is 5.92 Å². The molecule has 0 heterocycles. The Labute approximate surface area is 101 Å². The van der Waals surface area contributed by atoms with E-state index in [1.54, 1.807) is 6.92 Å². The van der Waals surface area contributed by atoms with Gasteiger partial charge in [0.2, 0.25) is 0 Å². The van der Waals surface area contributed by atoms with Gasteiger partial charge in [-0.2, -0.15) is 39.0 Å². The minimum atomic E-state index is -5.75. The van der Waals surface area contributed by atoms with Crippen molar-refractivity contribution in [3.8, 4) is 0 Å². The third kappa shape index (κ3) is 3.67. The summed E-state index contributed by atoms with van der Waals surface area (Å²) in [5, 5.41) is 8.66. The highest BCUT2D eigenvalue weighted by atomic mass is 32.1. The molecule has 0 aromatic heterocycles. The van der Waals surface area contributed by atoms with E-state index in [4.69, 9.17) is 5.11 Å². The normalized spacial score (nSPS) is 18.0. The van der Waals surface area contributed by atoms with E-state index >= 15 is 0 Å². The number of hydrogen-bond donors (Lipinski definition) is 2. The summed E-state index contributed by atoms with van der Waals surface area (Å²) in [6.07, 6.45) is -11.9. The van der Waals surface area contributed by atoms with Crippen molar-refractivity contribution in [1.82, 2.24) is 0 Å². The zero-order valence-corrected chi connectivity index (χ0v) is 10.1. The van der Waals surface area contributed by atoms with Gasteiger partial charge < -0.3 is 5.11 Å². The van der Waals surface area contributed by atoms with E-state index in [1.807, 2.05) is 0 Å². The van der Waals surface area contributed by atoms with Gasteiger partial charge in [0.25, 0.3) is 5.60 Å². The van der Waals surface area contributed by atoms with Gasteiger partial charge in [-0.25, -0.2) is 0 Å². The van der Waals surface area contributed by atoms with E-state index in [2.05, 4.69) is 12.6 Å². The maximum Gasteiger partial charge on any atom is 0.426 e. The van der Waals surface area contributed by atoms with Crippen LogP contribution in [0.15, 0.2) is 0 Å². The average Bonchev–Trinajstić information content (AvgIpc) is 2.08. The summed E-state index contributed by atoms with van der Waals surface area (Å²) < 4.78 is 74.3. The first-order valence-corrected chi connectivity index (χ1v) is 5.39. The van der Waals surface area contributed by atoms with Crippen LogP contribution in [0.3, 0.4) is 0 Å². The molecule has 8 heteroatoms. The molecule has 0 amide bonds. The lowest BCUT2D eigenvalue weighted by molar-refractivity contribution is -0.383. The standard InChI is InChI=1S/C9H14F6OS/c1-5(3-4-6(2)17)7(16,8(10,11)12)9(13,14)15/h5-6,16-17H,3-4H2,1-2H3/t5-,6?/m0/s1. The second kappa shape index (κ2) is 5.26. The number of halogens is 6. The Kier molecular flexibility index (Phi) is 5.22. The lowest BCUT2D eigenvalue weighted by Gasteiger charge is -2.37. The summed E-state index contributed by atoms with van der Waals surface area (Å²) >= 11 is 3.87. The number of hydrogen-bond acceptors (Lipinski definition) is 2. The van der Waals surface area contributed by atoms with Gasteiger partial charge in [0.1, 0.15) is 0 Å². The van der Waals surface area contributed by atoms with Crippen molar-refractivity contribution in [2.75, 3.05) is 0 Å². The molecule has 0 saturated carbocycles. The van der Waals surface area contributed by atoms with Gasteiger partial charge >= 0.3 is 12.4 Å². The summed E-state index contributed by atoms with van der Waals surface area (Å²) in [7, 11) is 0. The van der Waals surface area contributed by atoms with Crippen LogP contribution in [0.2, 0.25) is 0 Å². The lowest BCUT2D eigenvalue weighted by Crippen LogP contribution is -2.61. The van der Waals surface area contributed by atoms with Crippen LogP contribution in [0, 0.1) is 5.92 Å². The maximum atomic E-state index is 12.4. The van der Waals surface area contributed by atoms with Gasteiger partial charge in [0, 0.05) is 5.92 Å². The van der Waals surface area contributed by atoms with Gasteiger partial charge in [-0.3, -0.25) is 0 Å².